The summed E-state index contributed by atoms with van der Waals surface area (Å²) in [6.07, 6.45) is 0. The number of hydrogen-bond acceptors (Lipinski definition) is 3. The fourth-order valence-electron chi connectivity index (χ4n) is 1.53. The highest BCUT2D eigenvalue weighted by atomic mass is 32.2. The molecule has 0 amide bonds. The molecule has 0 heterocycles. The molecule has 0 saturated carbocycles. The first-order valence-corrected chi connectivity index (χ1v) is 6.19. The molecule has 2 aromatic carbocycles. The Balaban J connectivity index is 2.29. The second-order valence-electron chi connectivity index (χ2n) is 3.52. The summed E-state index contributed by atoms with van der Waals surface area (Å²) in [5.41, 5.74) is 0.962. The summed E-state index contributed by atoms with van der Waals surface area (Å²) in [4.78, 5) is 12.1. The quantitative estimate of drug-likeness (QED) is 0.679. The van der Waals surface area contributed by atoms with Crippen molar-refractivity contribution < 1.29 is 17.7 Å². The Kier molecular flexibility index (Phi) is 3.86. The second kappa shape index (κ2) is 5.57. The Morgan fingerprint density at radius 1 is 1.00 bits per heavy atom. The third-order valence-electron chi connectivity index (χ3n) is 2.30. The molecular formula is C13H10O4S. The van der Waals surface area contributed by atoms with E-state index in [0.29, 0.717) is 11.1 Å². The summed E-state index contributed by atoms with van der Waals surface area (Å²) in [6, 6.07) is 15.0. The van der Waals surface area contributed by atoms with Crippen molar-refractivity contribution in [1.29, 1.82) is 0 Å². The SMILES string of the molecule is O=C(c1ccccc1)c1cccc(OS(=O)O)c1. The molecule has 0 fully saturated rings. The van der Waals surface area contributed by atoms with Crippen molar-refractivity contribution in [2.24, 2.45) is 0 Å². The van der Waals surface area contributed by atoms with E-state index in [1.54, 1.807) is 36.4 Å². The summed E-state index contributed by atoms with van der Waals surface area (Å²) in [6.45, 7) is 0. The number of hydrogen-bond donors (Lipinski definition) is 1. The standard InChI is InChI=1S/C13H10O4S/c14-13(10-5-2-1-3-6-10)11-7-4-8-12(9-11)17-18(15)16/h1-9H,(H,15,16). The van der Waals surface area contributed by atoms with Gasteiger partial charge in [-0.05, 0) is 12.1 Å². The largest absolute Gasteiger partial charge is 0.380 e. The summed E-state index contributed by atoms with van der Waals surface area (Å²) in [5, 5.41) is 0. The minimum Gasteiger partial charge on any atom is -0.380 e. The monoisotopic (exact) mass is 262 g/mol. The Hall–Kier alpha value is -1.98. The Bertz CT molecular complexity index is 581. The minimum absolute atomic E-state index is 0.162. The predicted octanol–water partition coefficient (Wildman–Crippen LogP) is 2.43. The van der Waals surface area contributed by atoms with Crippen LogP contribution in [0.2, 0.25) is 0 Å². The van der Waals surface area contributed by atoms with E-state index in [9.17, 15) is 9.00 Å². The molecule has 2 aromatic rings. The van der Waals surface area contributed by atoms with Crippen molar-refractivity contribution >= 4 is 17.1 Å². The van der Waals surface area contributed by atoms with Crippen molar-refractivity contribution in [2.75, 3.05) is 0 Å². The lowest BCUT2D eigenvalue weighted by atomic mass is 10.0. The average molecular weight is 262 g/mol. The van der Waals surface area contributed by atoms with Gasteiger partial charge in [0.1, 0.15) is 5.75 Å². The highest BCUT2D eigenvalue weighted by Gasteiger charge is 2.09. The van der Waals surface area contributed by atoms with Crippen LogP contribution in [0.1, 0.15) is 15.9 Å². The maximum Gasteiger partial charge on any atom is 0.357 e. The van der Waals surface area contributed by atoms with E-state index in [-0.39, 0.29) is 11.5 Å². The third-order valence-corrected chi connectivity index (χ3v) is 2.63. The third kappa shape index (κ3) is 3.03. The number of rotatable bonds is 4. The van der Waals surface area contributed by atoms with Crippen LogP contribution in [-0.2, 0) is 11.4 Å². The number of ketones is 1. The van der Waals surface area contributed by atoms with Gasteiger partial charge in [0.2, 0.25) is 0 Å². The van der Waals surface area contributed by atoms with E-state index in [0.717, 1.165) is 0 Å². The Morgan fingerprint density at radius 2 is 1.67 bits per heavy atom. The van der Waals surface area contributed by atoms with Crippen molar-refractivity contribution in [3.8, 4) is 5.75 Å². The molecule has 4 nitrogen and oxygen atoms in total. The van der Waals surface area contributed by atoms with Gasteiger partial charge in [-0.3, -0.25) is 9.35 Å². The van der Waals surface area contributed by atoms with Crippen LogP contribution in [0.25, 0.3) is 0 Å². The summed E-state index contributed by atoms with van der Waals surface area (Å²) in [5.74, 6) is 0.0161. The second-order valence-corrected chi connectivity index (χ2v) is 4.12. The molecule has 1 unspecified atom stereocenters. The molecule has 0 aliphatic heterocycles. The maximum absolute atomic E-state index is 12.1. The van der Waals surface area contributed by atoms with E-state index < -0.39 is 11.4 Å². The highest BCUT2D eigenvalue weighted by Crippen LogP contribution is 2.17. The first kappa shape index (κ1) is 12.5. The van der Waals surface area contributed by atoms with E-state index >= 15 is 0 Å². The molecular weight excluding hydrogens is 252 g/mol. The van der Waals surface area contributed by atoms with Crippen LogP contribution in [0.3, 0.4) is 0 Å². The van der Waals surface area contributed by atoms with Crippen molar-refractivity contribution in [3.63, 3.8) is 0 Å². The smallest absolute Gasteiger partial charge is 0.357 e. The fraction of sp³-hybridized carbons (Fsp3) is 0. The molecule has 1 N–H and O–H groups in total. The fourth-order valence-corrected chi connectivity index (χ4v) is 1.80. The van der Waals surface area contributed by atoms with Gasteiger partial charge in [-0.1, -0.05) is 42.5 Å². The Morgan fingerprint density at radius 3 is 2.33 bits per heavy atom. The summed E-state index contributed by atoms with van der Waals surface area (Å²) in [7, 11) is 0. The van der Waals surface area contributed by atoms with Gasteiger partial charge in [-0.2, -0.15) is 4.21 Å². The van der Waals surface area contributed by atoms with Crippen LogP contribution in [0.5, 0.6) is 5.75 Å². The van der Waals surface area contributed by atoms with Crippen LogP contribution >= 0.6 is 0 Å². The first-order chi connectivity index (χ1) is 8.66. The topological polar surface area (TPSA) is 63.6 Å². The average Bonchev–Trinajstić information content (AvgIpc) is 2.38. The van der Waals surface area contributed by atoms with Gasteiger partial charge in [0.15, 0.2) is 5.78 Å². The van der Waals surface area contributed by atoms with Gasteiger partial charge in [-0.25, -0.2) is 0 Å². The normalized spacial score (nSPS) is 11.8. The number of carbonyl (C=O) groups excluding carboxylic acids is 1. The zero-order chi connectivity index (χ0) is 13.0. The lowest BCUT2D eigenvalue weighted by molar-refractivity contribution is 0.103. The van der Waals surface area contributed by atoms with Crippen LogP contribution in [0.15, 0.2) is 54.6 Å². The molecule has 2 rings (SSSR count). The van der Waals surface area contributed by atoms with Gasteiger partial charge in [-0.15, -0.1) is 0 Å². The van der Waals surface area contributed by atoms with E-state index in [1.165, 1.54) is 12.1 Å². The Labute approximate surface area is 107 Å². The number of benzene rings is 2. The van der Waals surface area contributed by atoms with Crippen LogP contribution in [0.4, 0.5) is 0 Å². The molecule has 18 heavy (non-hydrogen) atoms. The van der Waals surface area contributed by atoms with Gasteiger partial charge in [0.25, 0.3) is 0 Å². The molecule has 5 heteroatoms. The van der Waals surface area contributed by atoms with Crippen LogP contribution in [-0.4, -0.2) is 14.5 Å². The van der Waals surface area contributed by atoms with Gasteiger partial charge in [0, 0.05) is 11.1 Å². The molecule has 0 aliphatic rings. The van der Waals surface area contributed by atoms with E-state index in [1.807, 2.05) is 6.07 Å². The van der Waals surface area contributed by atoms with E-state index in [2.05, 4.69) is 4.18 Å². The first-order valence-electron chi connectivity index (χ1n) is 5.16. The lowest BCUT2D eigenvalue weighted by Crippen LogP contribution is -2.02. The molecule has 0 aliphatic carbocycles. The van der Waals surface area contributed by atoms with Crippen LogP contribution in [0, 0.1) is 0 Å². The highest BCUT2D eigenvalue weighted by molar-refractivity contribution is 7.74. The minimum atomic E-state index is -2.39. The van der Waals surface area contributed by atoms with Crippen molar-refractivity contribution in [3.05, 3.63) is 65.7 Å². The van der Waals surface area contributed by atoms with Gasteiger partial charge < -0.3 is 4.18 Å². The van der Waals surface area contributed by atoms with Gasteiger partial charge in [0.05, 0.1) is 0 Å². The molecule has 0 aromatic heterocycles. The van der Waals surface area contributed by atoms with E-state index in [4.69, 9.17) is 4.55 Å². The molecule has 0 saturated heterocycles. The lowest BCUT2D eigenvalue weighted by Gasteiger charge is -2.03. The summed E-state index contributed by atoms with van der Waals surface area (Å²) >= 11 is -2.39. The molecule has 0 radical (unpaired) electrons. The predicted molar refractivity (Wildman–Crippen MR) is 67.7 cm³/mol. The number of carbonyl (C=O) groups is 1. The van der Waals surface area contributed by atoms with Crippen LogP contribution < -0.4 is 4.18 Å². The van der Waals surface area contributed by atoms with Crippen molar-refractivity contribution in [1.82, 2.24) is 0 Å². The molecule has 92 valence electrons. The van der Waals surface area contributed by atoms with Crippen molar-refractivity contribution in [2.45, 2.75) is 0 Å². The van der Waals surface area contributed by atoms with Gasteiger partial charge >= 0.3 is 11.4 Å². The molecule has 1 atom stereocenters. The molecule has 0 bridgehead atoms. The zero-order valence-corrected chi connectivity index (χ0v) is 10.1. The maximum atomic E-state index is 12.1. The zero-order valence-electron chi connectivity index (χ0n) is 9.28. The molecule has 0 spiro atoms. The summed E-state index contributed by atoms with van der Waals surface area (Å²) < 4.78 is 23.8.